The third-order valence-electron chi connectivity index (χ3n) is 7.24. The molecule has 1 fully saturated rings. The molecule has 10 heteroatoms. The van der Waals surface area contributed by atoms with Crippen LogP contribution in [0.4, 0.5) is 16.0 Å². The summed E-state index contributed by atoms with van der Waals surface area (Å²) >= 11 is 6.06. The number of nitrogens with zero attached hydrogens (tertiary/aromatic N) is 2. The van der Waals surface area contributed by atoms with Crippen LogP contribution in [0.2, 0.25) is 5.02 Å². The van der Waals surface area contributed by atoms with Gasteiger partial charge in [-0.2, -0.15) is 0 Å². The summed E-state index contributed by atoms with van der Waals surface area (Å²) in [4.78, 5) is 9.24. The molecule has 7 nitrogen and oxygen atoms in total. The van der Waals surface area contributed by atoms with Crippen molar-refractivity contribution in [2.24, 2.45) is 5.73 Å². The number of nitrogens with two attached hydrogens (primary N) is 1. The molecule has 1 aromatic heterocycles. The first-order valence-corrected chi connectivity index (χ1v) is 14.9. The molecule has 39 heavy (non-hydrogen) atoms. The number of benzene rings is 3. The van der Waals surface area contributed by atoms with Crippen LogP contribution in [0.25, 0.3) is 22.0 Å². The average molecular weight is 568 g/mol. The highest BCUT2D eigenvalue weighted by atomic mass is 35.5. The number of aryl methyl sites for hydroxylation is 2. The zero-order valence-corrected chi connectivity index (χ0v) is 23.4. The fraction of sp³-hybridized carbons (Fsp3) is 0.310. The number of fused-ring (bicyclic) bond motifs is 1. The molecule has 5 rings (SSSR count). The molecule has 0 unspecified atom stereocenters. The number of hydrogen-bond donors (Lipinski definition) is 3. The van der Waals surface area contributed by atoms with Crippen LogP contribution in [0.5, 0.6) is 0 Å². The van der Waals surface area contributed by atoms with Gasteiger partial charge in [0.15, 0.2) is 0 Å². The van der Waals surface area contributed by atoms with E-state index in [-0.39, 0.29) is 21.6 Å². The van der Waals surface area contributed by atoms with Gasteiger partial charge in [0.1, 0.15) is 10.7 Å². The van der Waals surface area contributed by atoms with Gasteiger partial charge in [-0.3, -0.25) is 4.72 Å². The molecule has 0 bridgehead atoms. The minimum Gasteiger partial charge on any atom is -0.351 e. The third-order valence-corrected chi connectivity index (χ3v) is 9.11. The van der Waals surface area contributed by atoms with E-state index in [2.05, 4.69) is 21.9 Å². The minimum absolute atomic E-state index is 0.0607. The Kier molecular flexibility index (Phi) is 7.75. The summed E-state index contributed by atoms with van der Waals surface area (Å²) in [6, 6.07) is 13.4. The maximum absolute atomic E-state index is 15.3. The van der Waals surface area contributed by atoms with Crippen LogP contribution in [0.15, 0.2) is 59.6 Å². The Morgan fingerprint density at radius 1 is 1.10 bits per heavy atom. The van der Waals surface area contributed by atoms with Gasteiger partial charge in [0, 0.05) is 23.7 Å². The number of anilines is 2. The second kappa shape index (κ2) is 11.1. The van der Waals surface area contributed by atoms with Crippen molar-refractivity contribution in [3.05, 3.63) is 76.7 Å². The Labute approximate surface area is 233 Å². The molecule has 0 radical (unpaired) electrons. The van der Waals surface area contributed by atoms with Crippen molar-refractivity contribution in [3.8, 4) is 11.1 Å². The van der Waals surface area contributed by atoms with Gasteiger partial charge in [0.25, 0.3) is 10.0 Å². The van der Waals surface area contributed by atoms with Gasteiger partial charge in [-0.1, -0.05) is 30.7 Å². The van der Waals surface area contributed by atoms with E-state index in [0.717, 1.165) is 54.1 Å². The van der Waals surface area contributed by atoms with Crippen LogP contribution in [0.1, 0.15) is 43.7 Å². The maximum Gasteiger partial charge on any atom is 0.263 e. The molecule has 1 aliphatic rings. The number of rotatable bonds is 7. The van der Waals surface area contributed by atoms with Crippen LogP contribution >= 0.6 is 11.6 Å². The van der Waals surface area contributed by atoms with Gasteiger partial charge in [-0.05, 0) is 97.7 Å². The van der Waals surface area contributed by atoms with Gasteiger partial charge in [0.2, 0.25) is 5.95 Å². The lowest BCUT2D eigenvalue weighted by molar-refractivity contribution is 0.410. The Hall–Kier alpha value is -3.27. The van der Waals surface area contributed by atoms with Crippen molar-refractivity contribution in [1.29, 1.82) is 0 Å². The summed E-state index contributed by atoms with van der Waals surface area (Å²) in [5.74, 6) is -0.0878. The lowest BCUT2D eigenvalue weighted by atomic mass is 9.92. The largest absolute Gasteiger partial charge is 0.351 e. The van der Waals surface area contributed by atoms with E-state index >= 15 is 4.39 Å². The van der Waals surface area contributed by atoms with Crippen LogP contribution < -0.4 is 15.8 Å². The van der Waals surface area contributed by atoms with Crippen molar-refractivity contribution in [2.45, 2.75) is 62.9 Å². The van der Waals surface area contributed by atoms with E-state index in [1.807, 2.05) is 19.1 Å². The molecule has 0 saturated heterocycles. The summed E-state index contributed by atoms with van der Waals surface area (Å²) in [6.07, 6.45) is 6.50. The minimum atomic E-state index is -4.07. The number of hydrogen-bond acceptors (Lipinski definition) is 6. The lowest BCUT2D eigenvalue weighted by Crippen LogP contribution is -2.33. The van der Waals surface area contributed by atoms with E-state index in [9.17, 15) is 8.42 Å². The SMILES string of the molecule is CCc1cc(-c2cc(F)c(NS(=O)(=O)c3ccccc3Cl)cc2C)cc2cnc(N[C@H]3CC[C@H](N)CC3)nc12. The number of halogens is 2. The van der Waals surface area contributed by atoms with Crippen LogP contribution in [0, 0.1) is 12.7 Å². The molecule has 1 heterocycles. The standard InChI is InChI=1S/C29H31ClFN5O2S/c1-3-18-13-19(14-20-16-33-29(35-28(18)20)34-22-10-8-21(32)9-11-22)23-15-25(31)26(12-17(23)2)36-39(37,38)27-7-5-4-6-24(27)30/h4-7,12-16,21-22,36H,3,8-11,32H2,1-2H3,(H,33,34,35)/t21-,22-. The Morgan fingerprint density at radius 2 is 1.85 bits per heavy atom. The van der Waals surface area contributed by atoms with E-state index in [0.29, 0.717) is 23.1 Å². The van der Waals surface area contributed by atoms with Gasteiger partial charge < -0.3 is 11.1 Å². The number of nitrogens with one attached hydrogen (secondary N) is 2. The van der Waals surface area contributed by atoms with Gasteiger partial charge in [-0.15, -0.1) is 0 Å². The molecule has 1 aliphatic carbocycles. The van der Waals surface area contributed by atoms with Crippen LogP contribution in [-0.4, -0.2) is 30.5 Å². The molecular weight excluding hydrogens is 537 g/mol. The third kappa shape index (κ3) is 5.85. The highest BCUT2D eigenvalue weighted by molar-refractivity contribution is 7.92. The smallest absolute Gasteiger partial charge is 0.263 e. The molecular formula is C29H31ClFN5O2S. The van der Waals surface area contributed by atoms with Gasteiger partial charge in [-0.25, -0.2) is 22.8 Å². The summed E-state index contributed by atoms with van der Waals surface area (Å²) in [7, 11) is -4.07. The molecule has 0 spiro atoms. The molecule has 204 valence electrons. The first-order chi connectivity index (χ1) is 18.6. The Bertz CT molecular complexity index is 1640. The number of sulfonamides is 1. The fourth-order valence-corrected chi connectivity index (χ4v) is 6.67. The quantitative estimate of drug-likeness (QED) is 0.237. The predicted molar refractivity (Wildman–Crippen MR) is 155 cm³/mol. The topological polar surface area (TPSA) is 110 Å². The average Bonchev–Trinajstić information content (AvgIpc) is 2.91. The highest BCUT2D eigenvalue weighted by Crippen LogP contribution is 2.34. The summed E-state index contributed by atoms with van der Waals surface area (Å²) in [5, 5.41) is 4.37. The van der Waals surface area contributed by atoms with E-state index in [1.165, 1.54) is 24.3 Å². The van der Waals surface area contributed by atoms with Crippen molar-refractivity contribution >= 4 is 44.2 Å². The normalized spacial score (nSPS) is 17.8. The van der Waals surface area contributed by atoms with Crippen LogP contribution in [-0.2, 0) is 16.4 Å². The van der Waals surface area contributed by atoms with Gasteiger partial charge >= 0.3 is 0 Å². The van der Waals surface area contributed by atoms with Gasteiger partial charge in [0.05, 0.1) is 16.2 Å². The van der Waals surface area contributed by atoms with E-state index < -0.39 is 15.8 Å². The van der Waals surface area contributed by atoms with Crippen molar-refractivity contribution in [2.75, 3.05) is 10.0 Å². The molecule has 0 amide bonds. The van der Waals surface area contributed by atoms with E-state index in [1.54, 1.807) is 18.3 Å². The molecule has 1 saturated carbocycles. The summed E-state index contributed by atoms with van der Waals surface area (Å²) in [5.41, 5.74) is 9.94. The Balaban J connectivity index is 1.45. The molecule has 3 aromatic carbocycles. The molecule has 4 aromatic rings. The molecule has 0 aliphatic heterocycles. The molecule has 0 atom stereocenters. The highest BCUT2D eigenvalue weighted by Gasteiger charge is 2.22. The van der Waals surface area contributed by atoms with Crippen molar-refractivity contribution in [3.63, 3.8) is 0 Å². The van der Waals surface area contributed by atoms with Crippen LogP contribution in [0.3, 0.4) is 0 Å². The van der Waals surface area contributed by atoms with Crippen molar-refractivity contribution < 1.29 is 12.8 Å². The van der Waals surface area contributed by atoms with Crippen molar-refractivity contribution in [1.82, 2.24) is 9.97 Å². The zero-order chi connectivity index (χ0) is 27.7. The Morgan fingerprint density at radius 3 is 2.56 bits per heavy atom. The lowest BCUT2D eigenvalue weighted by Gasteiger charge is -2.26. The first-order valence-electron chi connectivity index (χ1n) is 13.0. The number of aromatic nitrogens is 2. The second-order valence-corrected chi connectivity index (χ2v) is 12.1. The second-order valence-electron chi connectivity index (χ2n) is 10.1. The first kappa shape index (κ1) is 27.3. The zero-order valence-electron chi connectivity index (χ0n) is 21.8. The maximum atomic E-state index is 15.3. The summed E-state index contributed by atoms with van der Waals surface area (Å²) < 4.78 is 43.3. The monoisotopic (exact) mass is 567 g/mol. The predicted octanol–water partition coefficient (Wildman–Crippen LogP) is 6.44. The molecule has 4 N–H and O–H groups in total. The van der Waals surface area contributed by atoms with E-state index in [4.69, 9.17) is 22.3 Å². The fourth-order valence-electron chi connectivity index (χ4n) is 5.09. The summed E-state index contributed by atoms with van der Waals surface area (Å²) in [6.45, 7) is 3.87.